The van der Waals surface area contributed by atoms with Crippen LogP contribution >= 0.6 is 0 Å². The Morgan fingerprint density at radius 2 is 1.85 bits per heavy atom. The molecule has 1 atom stereocenters. The van der Waals surface area contributed by atoms with E-state index in [0.717, 1.165) is 19.3 Å². The van der Waals surface area contributed by atoms with Gasteiger partial charge in [-0.3, -0.25) is 9.59 Å². The molecule has 0 unspecified atom stereocenters. The minimum absolute atomic E-state index is 0.283. The van der Waals surface area contributed by atoms with E-state index in [2.05, 4.69) is 18.2 Å². The van der Waals surface area contributed by atoms with Gasteiger partial charge < -0.3 is 4.74 Å². The number of ether oxygens (including phenoxy) is 1. The zero-order valence-corrected chi connectivity index (χ0v) is 12.4. The van der Waals surface area contributed by atoms with Crippen molar-refractivity contribution in [1.82, 2.24) is 0 Å². The fourth-order valence-electron chi connectivity index (χ4n) is 2.48. The van der Waals surface area contributed by atoms with Gasteiger partial charge in [0.2, 0.25) is 0 Å². The maximum atomic E-state index is 11.8. The van der Waals surface area contributed by atoms with Gasteiger partial charge in [-0.05, 0) is 57.1 Å². The number of hydrogen-bond acceptors (Lipinski definition) is 3. The van der Waals surface area contributed by atoms with Gasteiger partial charge in [0.15, 0.2) is 0 Å². The highest BCUT2D eigenvalue weighted by Crippen LogP contribution is 2.28. The summed E-state index contributed by atoms with van der Waals surface area (Å²) >= 11 is 0. The highest BCUT2D eigenvalue weighted by Gasteiger charge is 2.28. The monoisotopic (exact) mass is 274 g/mol. The van der Waals surface area contributed by atoms with E-state index in [-0.39, 0.29) is 5.92 Å². The number of rotatable bonds is 2. The molecule has 1 aromatic rings. The lowest BCUT2D eigenvalue weighted by atomic mass is 9.82. The van der Waals surface area contributed by atoms with Crippen molar-refractivity contribution in [3.63, 3.8) is 0 Å². The molecule has 0 radical (unpaired) electrons. The first-order chi connectivity index (χ1) is 9.36. The molecule has 108 valence electrons. The van der Waals surface area contributed by atoms with Gasteiger partial charge in [0.25, 0.3) is 0 Å². The average molecular weight is 274 g/mol. The average Bonchev–Trinajstić information content (AvgIpc) is 2.37. The number of carbonyl (C=O) groups excluding carboxylic acids is 2. The largest absolute Gasteiger partial charge is 0.393 e. The Morgan fingerprint density at radius 1 is 1.20 bits per heavy atom. The van der Waals surface area contributed by atoms with Crippen LogP contribution in [0.15, 0.2) is 24.3 Å². The number of carbonyl (C=O) groups is 2. The predicted octanol–water partition coefficient (Wildman–Crippen LogP) is 3.30. The van der Waals surface area contributed by atoms with Crippen LogP contribution in [0.2, 0.25) is 0 Å². The molecule has 0 bridgehead atoms. The van der Waals surface area contributed by atoms with Crippen LogP contribution in [0.1, 0.15) is 44.7 Å². The molecule has 0 amide bonds. The molecule has 0 aromatic heterocycles. The van der Waals surface area contributed by atoms with Crippen molar-refractivity contribution in [1.29, 1.82) is 0 Å². The van der Waals surface area contributed by atoms with Crippen molar-refractivity contribution in [2.45, 2.75) is 46.5 Å². The van der Waals surface area contributed by atoms with Gasteiger partial charge in [0.1, 0.15) is 0 Å². The minimum Gasteiger partial charge on any atom is -0.393 e. The highest BCUT2D eigenvalue weighted by atomic mass is 16.6. The highest BCUT2D eigenvalue weighted by molar-refractivity contribution is 5.88. The van der Waals surface area contributed by atoms with Gasteiger partial charge in [0, 0.05) is 6.42 Å². The van der Waals surface area contributed by atoms with Gasteiger partial charge >= 0.3 is 11.9 Å². The molecule has 20 heavy (non-hydrogen) atoms. The molecule has 1 aliphatic rings. The Balaban J connectivity index is 1.89. The fraction of sp³-hybridized carbons (Fsp3) is 0.529. The Morgan fingerprint density at radius 3 is 2.50 bits per heavy atom. The van der Waals surface area contributed by atoms with Crippen molar-refractivity contribution >= 4 is 11.9 Å². The van der Waals surface area contributed by atoms with Crippen LogP contribution in [0, 0.1) is 11.3 Å². The third kappa shape index (κ3) is 3.69. The summed E-state index contributed by atoms with van der Waals surface area (Å²) in [5.74, 6) is -0.557. The second-order valence-electron chi connectivity index (χ2n) is 6.59. The summed E-state index contributed by atoms with van der Waals surface area (Å²) in [5, 5.41) is 0. The number of fused-ring (bicyclic) bond motifs is 1. The zero-order valence-electron chi connectivity index (χ0n) is 12.4. The van der Waals surface area contributed by atoms with Crippen LogP contribution in [-0.4, -0.2) is 11.9 Å². The summed E-state index contributed by atoms with van der Waals surface area (Å²) in [6, 6.07) is 8.35. The van der Waals surface area contributed by atoms with Crippen molar-refractivity contribution in [2.75, 3.05) is 0 Å². The molecule has 2 rings (SSSR count). The van der Waals surface area contributed by atoms with Crippen LogP contribution < -0.4 is 0 Å². The first-order valence-electron chi connectivity index (χ1n) is 7.18. The molecular formula is C17H22O3. The van der Waals surface area contributed by atoms with Crippen LogP contribution in [0.3, 0.4) is 0 Å². The molecule has 3 heteroatoms. The molecule has 0 heterocycles. The van der Waals surface area contributed by atoms with Crippen molar-refractivity contribution < 1.29 is 14.3 Å². The van der Waals surface area contributed by atoms with Crippen molar-refractivity contribution in [3.05, 3.63) is 35.4 Å². The van der Waals surface area contributed by atoms with Crippen LogP contribution in [0.4, 0.5) is 0 Å². The van der Waals surface area contributed by atoms with Crippen LogP contribution in [0.25, 0.3) is 0 Å². The Bertz CT molecular complexity index is 511. The van der Waals surface area contributed by atoms with Crippen molar-refractivity contribution in [2.24, 2.45) is 11.3 Å². The SMILES string of the molecule is CC(C)(C)C(=O)OC(=O)C[C@@H]1CCc2ccccc2C1. The fourth-order valence-corrected chi connectivity index (χ4v) is 2.48. The Kier molecular flexibility index (Phi) is 4.26. The van der Waals surface area contributed by atoms with Gasteiger partial charge in [0.05, 0.1) is 5.41 Å². The maximum absolute atomic E-state index is 11.8. The molecule has 3 nitrogen and oxygen atoms in total. The molecule has 0 saturated carbocycles. The summed E-state index contributed by atoms with van der Waals surface area (Å²) in [7, 11) is 0. The molecule has 1 aromatic carbocycles. The molecule has 1 aliphatic carbocycles. The number of hydrogen-bond donors (Lipinski definition) is 0. The Hall–Kier alpha value is -1.64. The normalized spacial score (nSPS) is 18.2. The van der Waals surface area contributed by atoms with E-state index in [1.54, 1.807) is 20.8 Å². The molecule has 0 aliphatic heterocycles. The third-order valence-corrected chi connectivity index (χ3v) is 3.72. The first kappa shape index (κ1) is 14.8. The lowest BCUT2D eigenvalue weighted by Gasteiger charge is -2.24. The summed E-state index contributed by atoms with van der Waals surface area (Å²) < 4.78 is 4.93. The van der Waals surface area contributed by atoms with Gasteiger partial charge in [-0.1, -0.05) is 24.3 Å². The number of aryl methyl sites for hydroxylation is 1. The van der Waals surface area contributed by atoms with Crippen LogP contribution in [0.5, 0.6) is 0 Å². The van der Waals surface area contributed by atoms with E-state index in [9.17, 15) is 9.59 Å². The summed E-state index contributed by atoms with van der Waals surface area (Å²) in [6.45, 7) is 5.25. The number of benzene rings is 1. The summed E-state index contributed by atoms with van der Waals surface area (Å²) in [5.41, 5.74) is 2.07. The third-order valence-electron chi connectivity index (χ3n) is 3.72. The Labute approximate surface area is 120 Å². The molecular weight excluding hydrogens is 252 g/mol. The maximum Gasteiger partial charge on any atom is 0.318 e. The van der Waals surface area contributed by atoms with Crippen molar-refractivity contribution in [3.8, 4) is 0 Å². The summed E-state index contributed by atoms with van der Waals surface area (Å²) in [6.07, 6.45) is 3.21. The smallest absolute Gasteiger partial charge is 0.318 e. The van der Waals surface area contributed by atoms with E-state index >= 15 is 0 Å². The van der Waals surface area contributed by atoms with E-state index in [0.29, 0.717) is 6.42 Å². The minimum atomic E-state index is -0.630. The van der Waals surface area contributed by atoms with E-state index in [4.69, 9.17) is 4.74 Å². The lowest BCUT2D eigenvalue weighted by molar-refractivity contribution is -0.166. The lowest BCUT2D eigenvalue weighted by Crippen LogP contribution is -2.27. The van der Waals surface area contributed by atoms with E-state index in [1.165, 1.54) is 11.1 Å². The second kappa shape index (κ2) is 5.78. The topological polar surface area (TPSA) is 43.4 Å². The molecule has 0 fully saturated rings. The van der Waals surface area contributed by atoms with Gasteiger partial charge in [-0.15, -0.1) is 0 Å². The molecule has 0 spiro atoms. The van der Waals surface area contributed by atoms with Gasteiger partial charge in [-0.2, -0.15) is 0 Å². The standard InChI is InChI=1S/C17H22O3/c1-17(2,3)16(19)20-15(18)11-12-8-9-13-6-4-5-7-14(13)10-12/h4-7,12H,8-11H2,1-3H3/t12-/m1/s1. The number of esters is 2. The molecule has 0 N–H and O–H groups in total. The van der Waals surface area contributed by atoms with Gasteiger partial charge in [-0.25, -0.2) is 0 Å². The van der Waals surface area contributed by atoms with E-state index in [1.807, 2.05) is 6.07 Å². The van der Waals surface area contributed by atoms with E-state index < -0.39 is 17.4 Å². The van der Waals surface area contributed by atoms with Crippen LogP contribution in [-0.2, 0) is 27.2 Å². The zero-order chi connectivity index (χ0) is 14.8. The second-order valence-corrected chi connectivity index (χ2v) is 6.59. The quantitative estimate of drug-likeness (QED) is 0.614. The summed E-state index contributed by atoms with van der Waals surface area (Å²) in [4.78, 5) is 23.5. The first-order valence-corrected chi connectivity index (χ1v) is 7.18. The molecule has 0 saturated heterocycles. The predicted molar refractivity (Wildman–Crippen MR) is 77.1 cm³/mol.